The van der Waals surface area contributed by atoms with Crippen molar-refractivity contribution in [1.82, 2.24) is 5.32 Å². The zero-order valence-corrected chi connectivity index (χ0v) is 11.1. The molecule has 0 fully saturated rings. The Morgan fingerprint density at radius 2 is 2.28 bits per heavy atom. The molecule has 18 heavy (non-hydrogen) atoms. The van der Waals surface area contributed by atoms with E-state index in [4.69, 9.17) is 4.74 Å². The monoisotopic (exact) mass is 267 g/mol. The number of rotatable bonds is 4. The standard InChI is InChI=1S/C13H14FNO2S/c1-8-11-9(14)4-3-5-10(11)18-12(8)13(16)15-6-7-17-2/h3-5H,6-7H2,1-2H3,(H,15,16). The molecule has 0 unspecified atom stereocenters. The Bertz CT molecular complexity index is 580. The lowest BCUT2D eigenvalue weighted by molar-refractivity contribution is 0.0940. The molecule has 1 aromatic carbocycles. The van der Waals surface area contributed by atoms with E-state index in [0.717, 1.165) is 4.70 Å². The third kappa shape index (κ3) is 2.37. The molecule has 0 bridgehead atoms. The number of ether oxygens (including phenoxy) is 1. The number of carbonyl (C=O) groups excluding carboxylic acids is 1. The Morgan fingerprint density at radius 1 is 1.50 bits per heavy atom. The molecule has 0 saturated heterocycles. The molecule has 0 saturated carbocycles. The van der Waals surface area contributed by atoms with Crippen LogP contribution in [0.3, 0.4) is 0 Å². The van der Waals surface area contributed by atoms with E-state index in [-0.39, 0.29) is 11.7 Å². The molecule has 0 radical (unpaired) electrons. The van der Waals surface area contributed by atoms with Gasteiger partial charge in [0.2, 0.25) is 0 Å². The molecule has 2 rings (SSSR count). The SMILES string of the molecule is COCCNC(=O)c1sc2cccc(F)c2c1C. The minimum Gasteiger partial charge on any atom is -0.383 e. The minimum absolute atomic E-state index is 0.176. The van der Waals surface area contributed by atoms with Crippen LogP contribution in [-0.4, -0.2) is 26.2 Å². The van der Waals surface area contributed by atoms with E-state index in [2.05, 4.69) is 5.32 Å². The number of carbonyl (C=O) groups is 1. The average molecular weight is 267 g/mol. The molecule has 5 heteroatoms. The second-order valence-corrected chi connectivity index (χ2v) is 4.97. The first-order valence-corrected chi connectivity index (χ1v) is 6.41. The van der Waals surface area contributed by atoms with Gasteiger partial charge in [0.1, 0.15) is 5.82 Å². The lowest BCUT2D eigenvalue weighted by atomic mass is 10.1. The van der Waals surface area contributed by atoms with Crippen molar-refractivity contribution in [3.63, 3.8) is 0 Å². The highest BCUT2D eigenvalue weighted by Crippen LogP contribution is 2.32. The Morgan fingerprint density at radius 3 is 2.94 bits per heavy atom. The summed E-state index contributed by atoms with van der Waals surface area (Å²) in [6, 6.07) is 4.89. The molecule has 1 aromatic heterocycles. The van der Waals surface area contributed by atoms with Crippen LogP contribution in [0.25, 0.3) is 10.1 Å². The first kappa shape index (κ1) is 13.0. The van der Waals surface area contributed by atoms with Gasteiger partial charge in [-0.1, -0.05) is 6.07 Å². The van der Waals surface area contributed by atoms with E-state index in [1.54, 1.807) is 20.1 Å². The maximum atomic E-state index is 13.7. The molecule has 0 aliphatic carbocycles. The second-order valence-electron chi connectivity index (χ2n) is 3.92. The number of benzene rings is 1. The molecular weight excluding hydrogens is 253 g/mol. The zero-order chi connectivity index (χ0) is 13.1. The molecule has 1 amide bonds. The van der Waals surface area contributed by atoms with Gasteiger partial charge in [0.05, 0.1) is 11.5 Å². The molecule has 0 spiro atoms. The number of halogens is 1. The van der Waals surface area contributed by atoms with Crippen LogP contribution in [0.4, 0.5) is 4.39 Å². The van der Waals surface area contributed by atoms with Crippen LogP contribution in [0, 0.1) is 12.7 Å². The van der Waals surface area contributed by atoms with Gasteiger partial charge >= 0.3 is 0 Å². The van der Waals surface area contributed by atoms with Crippen LogP contribution < -0.4 is 5.32 Å². The highest BCUT2D eigenvalue weighted by Gasteiger charge is 2.17. The molecule has 0 aliphatic heterocycles. The molecule has 3 nitrogen and oxygen atoms in total. The summed E-state index contributed by atoms with van der Waals surface area (Å²) in [5.41, 5.74) is 0.697. The lowest BCUT2D eigenvalue weighted by Gasteiger charge is -2.03. The summed E-state index contributed by atoms with van der Waals surface area (Å²) in [5.74, 6) is -0.456. The maximum Gasteiger partial charge on any atom is 0.261 e. The normalized spacial score (nSPS) is 10.8. The van der Waals surface area contributed by atoms with Crippen molar-refractivity contribution in [2.24, 2.45) is 0 Å². The summed E-state index contributed by atoms with van der Waals surface area (Å²) in [4.78, 5) is 12.5. The number of hydrogen-bond acceptors (Lipinski definition) is 3. The first-order valence-electron chi connectivity index (χ1n) is 5.60. The van der Waals surface area contributed by atoms with Gasteiger partial charge in [-0.15, -0.1) is 11.3 Å². The average Bonchev–Trinajstić information content (AvgIpc) is 2.68. The third-order valence-electron chi connectivity index (χ3n) is 2.70. The van der Waals surface area contributed by atoms with Crippen molar-refractivity contribution in [2.45, 2.75) is 6.92 Å². The number of thiophene rings is 1. The van der Waals surface area contributed by atoms with Gasteiger partial charge in [0.15, 0.2) is 0 Å². The van der Waals surface area contributed by atoms with E-state index < -0.39 is 0 Å². The molecule has 2 aromatic rings. The summed E-state index contributed by atoms with van der Waals surface area (Å²) in [7, 11) is 1.58. The van der Waals surface area contributed by atoms with Gasteiger partial charge in [0.25, 0.3) is 5.91 Å². The third-order valence-corrected chi connectivity index (χ3v) is 3.96. The summed E-state index contributed by atoms with van der Waals surface area (Å²) in [5, 5.41) is 3.29. The first-order chi connectivity index (χ1) is 8.65. The van der Waals surface area contributed by atoms with Crippen molar-refractivity contribution < 1.29 is 13.9 Å². The van der Waals surface area contributed by atoms with Gasteiger partial charge in [-0.2, -0.15) is 0 Å². The topological polar surface area (TPSA) is 38.3 Å². The van der Waals surface area contributed by atoms with Crippen LogP contribution in [0.1, 0.15) is 15.2 Å². The van der Waals surface area contributed by atoms with Crippen molar-refractivity contribution in [1.29, 1.82) is 0 Å². The summed E-state index contributed by atoms with van der Waals surface area (Å²) >= 11 is 1.31. The molecule has 0 atom stereocenters. The lowest BCUT2D eigenvalue weighted by Crippen LogP contribution is -2.26. The Hall–Kier alpha value is -1.46. The van der Waals surface area contributed by atoms with Crippen LogP contribution >= 0.6 is 11.3 Å². The fourth-order valence-electron chi connectivity index (χ4n) is 1.82. The van der Waals surface area contributed by atoms with Gasteiger partial charge in [0, 0.05) is 23.7 Å². The van der Waals surface area contributed by atoms with Gasteiger partial charge in [-0.05, 0) is 24.6 Å². The Kier molecular flexibility index (Phi) is 3.93. The fourth-order valence-corrected chi connectivity index (χ4v) is 2.96. The molecule has 96 valence electrons. The second kappa shape index (κ2) is 5.46. The predicted molar refractivity (Wildman–Crippen MR) is 70.7 cm³/mol. The van der Waals surface area contributed by atoms with Crippen molar-refractivity contribution in [3.05, 3.63) is 34.5 Å². The van der Waals surface area contributed by atoms with E-state index >= 15 is 0 Å². The summed E-state index contributed by atoms with van der Waals surface area (Å²) < 4.78 is 19.3. The number of methoxy groups -OCH3 is 1. The summed E-state index contributed by atoms with van der Waals surface area (Å²) in [6.45, 7) is 2.68. The smallest absolute Gasteiger partial charge is 0.261 e. The quantitative estimate of drug-likeness (QED) is 0.865. The zero-order valence-electron chi connectivity index (χ0n) is 10.2. The van der Waals surface area contributed by atoms with Crippen molar-refractivity contribution in [3.8, 4) is 0 Å². The Labute approximate surface area is 109 Å². The van der Waals surface area contributed by atoms with Crippen molar-refractivity contribution >= 4 is 27.3 Å². The largest absolute Gasteiger partial charge is 0.383 e. The maximum absolute atomic E-state index is 13.7. The molecule has 1 heterocycles. The molecule has 0 aliphatic rings. The van der Waals surface area contributed by atoms with Crippen molar-refractivity contribution in [2.75, 3.05) is 20.3 Å². The number of aryl methyl sites for hydroxylation is 1. The predicted octanol–water partition coefficient (Wildman–Crippen LogP) is 2.73. The van der Waals surface area contributed by atoms with Gasteiger partial charge in [-0.25, -0.2) is 4.39 Å². The van der Waals surface area contributed by atoms with Crippen LogP contribution in [0.5, 0.6) is 0 Å². The number of nitrogens with one attached hydrogen (secondary N) is 1. The van der Waals surface area contributed by atoms with E-state index in [1.165, 1.54) is 17.4 Å². The van der Waals surface area contributed by atoms with E-state index in [1.807, 2.05) is 6.07 Å². The number of fused-ring (bicyclic) bond motifs is 1. The fraction of sp³-hybridized carbons (Fsp3) is 0.308. The van der Waals surface area contributed by atoms with Gasteiger partial charge in [-0.3, -0.25) is 4.79 Å². The molecule has 1 N–H and O–H groups in total. The Balaban J connectivity index is 2.31. The highest BCUT2D eigenvalue weighted by molar-refractivity contribution is 7.21. The van der Waals surface area contributed by atoms with Gasteiger partial charge < -0.3 is 10.1 Å². The highest BCUT2D eigenvalue weighted by atomic mass is 32.1. The van der Waals surface area contributed by atoms with Crippen LogP contribution in [0.2, 0.25) is 0 Å². The van der Waals surface area contributed by atoms with Crippen LogP contribution in [0.15, 0.2) is 18.2 Å². The minimum atomic E-state index is -0.280. The summed E-state index contributed by atoms with van der Waals surface area (Å²) in [6.07, 6.45) is 0. The van der Waals surface area contributed by atoms with E-state index in [0.29, 0.717) is 29.0 Å². The number of amides is 1. The molecular formula is C13H14FNO2S. The van der Waals surface area contributed by atoms with E-state index in [9.17, 15) is 9.18 Å². The van der Waals surface area contributed by atoms with Crippen LogP contribution in [-0.2, 0) is 4.74 Å². The number of hydrogen-bond donors (Lipinski definition) is 1.